The molecule has 0 aromatic heterocycles. The lowest BCUT2D eigenvalue weighted by atomic mass is 9.86. The molecule has 4 aromatic carbocycles. The van der Waals surface area contributed by atoms with Crippen molar-refractivity contribution in [2.75, 3.05) is 125 Å². The van der Waals surface area contributed by atoms with Gasteiger partial charge in [0.2, 0.25) is 11.5 Å². The third-order valence-electron chi connectivity index (χ3n) is 14.1. The Morgan fingerprint density at radius 1 is 0.507 bits per heavy atom. The van der Waals surface area contributed by atoms with Gasteiger partial charge >= 0.3 is 11.9 Å². The molecular weight excluding hydrogens is 936 g/mol. The van der Waals surface area contributed by atoms with Crippen LogP contribution in [0.15, 0.2) is 59.6 Å². The van der Waals surface area contributed by atoms with Crippen molar-refractivity contribution < 1.29 is 75.4 Å². The molecule has 0 saturated heterocycles. The molecule has 2 aliphatic heterocycles. The van der Waals surface area contributed by atoms with E-state index in [0.29, 0.717) is 105 Å². The molecule has 0 bridgehead atoms. The van der Waals surface area contributed by atoms with Gasteiger partial charge in [-0.2, -0.15) is 0 Å². The van der Waals surface area contributed by atoms with E-state index in [1.807, 2.05) is 24.3 Å². The number of methoxy groups -OCH3 is 10. The zero-order chi connectivity index (χ0) is 51.5. The number of nitrogens with zero attached hydrogens (tertiary/aromatic N) is 2. The summed E-state index contributed by atoms with van der Waals surface area (Å²) in [5, 5.41) is -0.356. The fourth-order valence-corrected chi connectivity index (χ4v) is 10.4. The van der Waals surface area contributed by atoms with Crippen LogP contribution in [0.4, 0.5) is 0 Å². The van der Waals surface area contributed by atoms with Gasteiger partial charge in [-0.05, 0) is 70.8 Å². The molecule has 6 rings (SSSR count). The summed E-state index contributed by atoms with van der Waals surface area (Å²) >= 11 is 6.37. The number of fused-ring (bicyclic) bond motifs is 2. The predicted molar refractivity (Wildman–Crippen MR) is 269 cm³/mol. The minimum Gasteiger partial charge on any atom is -0.493 e. The van der Waals surface area contributed by atoms with Crippen LogP contribution in [0.5, 0.6) is 57.5 Å². The largest absolute Gasteiger partial charge is 0.493 e. The van der Waals surface area contributed by atoms with E-state index < -0.39 is 11.9 Å². The highest BCUT2D eigenvalue weighted by Crippen LogP contribution is 2.47. The van der Waals surface area contributed by atoms with E-state index in [0.717, 1.165) is 54.3 Å². The number of ether oxygens (including phenoxy) is 12. The maximum Gasteiger partial charge on any atom is 0.350 e. The number of hydrogen-bond acceptors (Lipinski definition) is 14. The summed E-state index contributed by atoms with van der Waals surface area (Å²) in [7, 11) is 20.5. The van der Waals surface area contributed by atoms with Crippen molar-refractivity contribution in [1.82, 2.24) is 0 Å². The Labute approximate surface area is 423 Å². The van der Waals surface area contributed by atoms with Crippen molar-refractivity contribution in [1.29, 1.82) is 0 Å². The zero-order valence-corrected chi connectivity index (χ0v) is 44.1. The van der Waals surface area contributed by atoms with E-state index in [-0.39, 0.29) is 30.3 Å². The van der Waals surface area contributed by atoms with Gasteiger partial charge in [-0.1, -0.05) is 11.6 Å². The fraction of sp³-hybridized carbons (Fsp3) is 0.481. The van der Waals surface area contributed by atoms with Gasteiger partial charge < -0.3 is 65.8 Å². The van der Waals surface area contributed by atoms with Crippen molar-refractivity contribution in [3.63, 3.8) is 0 Å². The van der Waals surface area contributed by atoms with Crippen LogP contribution in [-0.4, -0.2) is 145 Å². The third-order valence-corrected chi connectivity index (χ3v) is 14.4. The zero-order valence-electron chi connectivity index (χ0n) is 43.3. The van der Waals surface area contributed by atoms with Crippen LogP contribution in [0.1, 0.15) is 58.3 Å². The molecule has 4 aromatic rings. The minimum atomic E-state index is -0.798. The average Bonchev–Trinajstić information content (AvgIpc) is 3.38. The molecule has 16 nitrogen and oxygen atoms in total. The highest BCUT2D eigenvalue weighted by molar-refractivity contribution is 6.42. The lowest BCUT2D eigenvalue weighted by Gasteiger charge is -2.46. The molecule has 0 spiro atoms. The molecule has 0 saturated carbocycles. The summed E-state index contributed by atoms with van der Waals surface area (Å²) in [6.07, 6.45) is 4.96. The summed E-state index contributed by atoms with van der Waals surface area (Å²) in [6.45, 7) is 3.22. The summed E-state index contributed by atoms with van der Waals surface area (Å²) in [5.74, 6) is 4.46. The lowest BCUT2D eigenvalue weighted by molar-refractivity contribution is -0.941. The topological polar surface area (TPSA) is 145 Å². The lowest BCUT2D eigenvalue weighted by Crippen LogP contribution is -2.52. The van der Waals surface area contributed by atoms with E-state index in [1.54, 1.807) is 71.1 Å². The standard InChI is InChI=1S/C54H71ClN2O14/c1-56(19-15-36-29-43(60-3)45(62-5)31-38(36)41(56)23-34-25-47(64-7)52(68-11)48(26-34)65-8)17-13-21-70-51(58)33-40(55)54(59)71-22-14-18-57(2)20-16-37-30-44(61-4)46(63-6)32-39(37)42(57)24-35-27-49(66-9)53(69-12)50(28-35)67-10/h25-33,41-42H,13-24H2,1-12H3/q+2/b40-33-/t41-,42-,56-,57-/m1/s1. The SMILES string of the molecule is COc1cc2c(cc1OC)[C@@H](Cc1cc(OC)c(OC)c(OC)c1)[N@+](C)(CCCOC(=O)/C=C(\Cl)C(=O)OCCC[N@+]1(C)CCc3cc(OC)c(OC)cc3[C@H]1Cc1cc(OC)c(OC)c(OC)c1)CC2. The maximum absolute atomic E-state index is 13.1. The summed E-state index contributed by atoms with van der Waals surface area (Å²) in [6, 6.07) is 16.1. The molecule has 17 heteroatoms. The normalized spacial score (nSPS) is 19.3. The molecule has 0 aliphatic carbocycles. The van der Waals surface area contributed by atoms with E-state index in [1.165, 1.54) is 11.1 Å². The first-order valence-electron chi connectivity index (χ1n) is 23.6. The quantitative estimate of drug-likeness (QED) is 0.0289. The van der Waals surface area contributed by atoms with E-state index in [9.17, 15) is 9.59 Å². The first kappa shape index (κ1) is 54.1. The molecule has 2 aliphatic rings. The Balaban J connectivity index is 1.09. The molecule has 0 N–H and O–H groups in total. The molecule has 0 amide bonds. The number of rotatable bonds is 24. The van der Waals surface area contributed by atoms with Gasteiger partial charge in [0.1, 0.15) is 17.1 Å². The number of likely N-dealkylation sites (N-methyl/N-ethyl adjacent to an activating group) is 2. The number of esters is 2. The number of hydrogen-bond donors (Lipinski definition) is 0. The van der Waals surface area contributed by atoms with Crippen molar-refractivity contribution >= 4 is 23.5 Å². The maximum atomic E-state index is 13.1. The number of benzene rings is 4. The van der Waals surface area contributed by atoms with Crippen LogP contribution in [0.25, 0.3) is 0 Å². The average molecular weight is 1010 g/mol. The van der Waals surface area contributed by atoms with E-state index >= 15 is 0 Å². The molecule has 0 radical (unpaired) electrons. The molecule has 4 atom stereocenters. The Hall–Kier alpha value is -6.23. The van der Waals surface area contributed by atoms with Gasteiger partial charge in [0.25, 0.3) is 0 Å². The van der Waals surface area contributed by atoms with Crippen LogP contribution >= 0.6 is 11.6 Å². The monoisotopic (exact) mass is 1010 g/mol. The number of halogens is 1. The van der Waals surface area contributed by atoms with Gasteiger partial charge in [0.15, 0.2) is 46.0 Å². The van der Waals surface area contributed by atoms with Gasteiger partial charge in [0, 0.05) is 55.7 Å². The molecular formula is C54H71ClN2O14+2. The minimum absolute atomic E-state index is 0.0170. The van der Waals surface area contributed by atoms with Gasteiger partial charge in [0.05, 0.1) is 125 Å². The second-order valence-corrected chi connectivity index (χ2v) is 18.6. The highest BCUT2D eigenvalue weighted by Gasteiger charge is 2.42. The highest BCUT2D eigenvalue weighted by atomic mass is 35.5. The third kappa shape index (κ3) is 12.1. The summed E-state index contributed by atoms with van der Waals surface area (Å²) < 4.78 is 69.3. The Kier molecular flexibility index (Phi) is 18.5. The fourth-order valence-electron chi connectivity index (χ4n) is 10.3. The molecule has 71 heavy (non-hydrogen) atoms. The molecule has 0 fully saturated rings. The Bertz CT molecular complexity index is 2500. The van der Waals surface area contributed by atoms with Crippen LogP contribution in [0.3, 0.4) is 0 Å². The molecule has 0 unspecified atom stereocenters. The van der Waals surface area contributed by atoms with Crippen molar-refractivity contribution in [2.45, 2.75) is 50.6 Å². The predicted octanol–water partition coefficient (Wildman–Crippen LogP) is 8.04. The first-order valence-corrected chi connectivity index (χ1v) is 24.0. The van der Waals surface area contributed by atoms with E-state index in [4.69, 9.17) is 68.4 Å². The molecule has 2 heterocycles. The summed E-state index contributed by atoms with van der Waals surface area (Å²) in [4.78, 5) is 26.1. The Morgan fingerprint density at radius 3 is 1.21 bits per heavy atom. The van der Waals surface area contributed by atoms with E-state index in [2.05, 4.69) is 38.4 Å². The summed E-state index contributed by atoms with van der Waals surface area (Å²) in [5.41, 5.74) is 6.64. The van der Waals surface area contributed by atoms with Crippen LogP contribution in [-0.2, 0) is 44.7 Å². The first-order chi connectivity index (χ1) is 34.2. The smallest absolute Gasteiger partial charge is 0.350 e. The second-order valence-electron chi connectivity index (χ2n) is 18.2. The molecule has 386 valence electrons. The van der Waals surface area contributed by atoms with Crippen molar-refractivity contribution in [3.8, 4) is 57.5 Å². The number of carbonyl (C=O) groups excluding carboxylic acids is 2. The Morgan fingerprint density at radius 2 is 0.859 bits per heavy atom. The van der Waals surface area contributed by atoms with Crippen LogP contribution < -0.4 is 47.4 Å². The number of quaternary nitrogens is 2. The van der Waals surface area contributed by atoms with Crippen LogP contribution in [0.2, 0.25) is 0 Å². The second kappa shape index (κ2) is 24.3. The van der Waals surface area contributed by atoms with Crippen LogP contribution in [0, 0.1) is 0 Å². The van der Waals surface area contributed by atoms with Crippen molar-refractivity contribution in [3.05, 3.63) is 93.0 Å². The van der Waals surface area contributed by atoms with Gasteiger partial charge in [-0.25, -0.2) is 9.59 Å². The van der Waals surface area contributed by atoms with Gasteiger partial charge in [-0.15, -0.1) is 0 Å². The van der Waals surface area contributed by atoms with Crippen molar-refractivity contribution in [2.24, 2.45) is 0 Å². The van der Waals surface area contributed by atoms with Gasteiger partial charge in [-0.3, -0.25) is 0 Å². The number of carbonyl (C=O) groups is 2.